The number of ether oxygens (including phenoxy) is 1. The van der Waals surface area contributed by atoms with Crippen molar-refractivity contribution < 1.29 is 23.1 Å². The highest BCUT2D eigenvalue weighted by atomic mass is 32.1. The van der Waals surface area contributed by atoms with E-state index < -0.39 is 17.7 Å². The highest BCUT2D eigenvalue weighted by molar-refractivity contribution is 7.16. The van der Waals surface area contributed by atoms with Gasteiger partial charge in [0.2, 0.25) is 0 Å². The van der Waals surface area contributed by atoms with Crippen molar-refractivity contribution in [3.8, 4) is 0 Å². The third kappa shape index (κ3) is 4.02. The van der Waals surface area contributed by atoms with Gasteiger partial charge in [-0.3, -0.25) is 9.59 Å². The minimum absolute atomic E-state index is 0.0128. The van der Waals surface area contributed by atoms with E-state index in [0.29, 0.717) is 15.8 Å². The summed E-state index contributed by atoms with van der Waals surface area (Å²) in [5.41, 5.74) is 1.20. The van der Waals surface area contributed by atoms with Crippen LogP contribution in [0.25, 0.3) is 10.2 Å². The van der Waals surface area contributed by atoms with Crippen molar-refractivity contribution in [3.05, 3.63) is 64.5 Å². The van der Waals surface area contributed by atoms with Crippen molar-refractivity contribution >= 4 is 33.4 Å². The zero-order chi connectivity index (χ0) is 18.7. The molecule has 1 amide bonds. The van der Waals surface area contributed by atoms with Crippen LogP contribution in [0.1, 0.15) is 5.56 Å². The number of methoxy groups -OCH3 is 1. The minimum Gasteiger partial charge on any atom is -0.468 e. The number of nitrogens with zero attached hydrogens (tertiary/aromatic N) is 2. The molecule has 5 nitrogen and oxygen atoms in total. The lowest BCUT2D eigenvalue weighted by atomic mass is 10.1. The summed E-state index contributed by atoms with van der Waals surface area (Å²) >= 11 is 1.10. The summed E-state index contributed by atoms with van der Waals surface area (Å²) in [5, 5.41) is 0. The third-order valence-electron chi connectivity index (χ3n) is 3.65. The molecule has 0 saturated carbocycles. The van der Waals surface area contributed by atoms with E-state index in [1.807, 2.05) is 0 Å². The van der Waals surface area contributed by atoms with Crippen LogP contribution >= 0.6 is 11.3 Å². The first-order valence-electron chi connectivity index (χ1n) is 7.64. The summed E-state index contributed by atoms with van der Waals surface area (Å²) in [6.45, 7) is -0.148. The van der Waals surface area contributed by atoms with E-state index in [0.717, 1.165) is 11.3 Å². The van der Waals surface area contributed by atoms with Crippen LogP contribution < -0.4 is 4.80 Å². The number of halogens is 2. The molecule has 0 N–H and O–H groups in total. The second-order valence-electron chi connectivity index (χ2n) is 5.47. The molecule has 0 fully saturated rings. The first-order valence-corrected chi connectivity index (χ1v) is 8.45. The van der Waals surface area contributed by atoms with Crippen molar-refractivity contribution in [3.63, 3.8) is 0 Å². The van der Waals surface area contributed by atoms with Gasteiger partial charge in [-0.2, -0.15) is 4.99 Å². The van der Waals surface area contributed by atoms with Gasteiger partial charge in [-0.05, 0) is 35.9 Å². The molecule has 1 heterocycles. The van der Waals surface area contributed by atoms with Crippen molar-refractivity contribution in [2.45, 2.75) is 13.0 Å². The molecular formula is C18H14F2N2O3S. The minimum atomic E-state index is -0.513. The normalized spacial score (nSPS) is 11.7. The van der Waals surface area contributed by atoms with Crippen molar-refractivity contribution in [1.29, 1.82) is 0 Å². The van der Waals surface area contributed by atoms with E-state index in [1.54, 1.807) is 0 Å². The van der Waals surface area contributed by atoms with Gasteiger partial charge in [-0.1, -0.05) is 23.5 Å². The molecular weight excluding hydrogens is 362 g/mol. The van der Waals surface area contributed by atoms with Crippen LogP contribution in [0.3, 0.4) is 0 Å². The summed E-state index contributed by atoms with van der Waals surface area (Å²) in [4.78, 5) is 28.3. The van der Waals surface area contributed by atoms with Gasteiger partial charge in [0, 0.05) is 0 Å². The number of carbonyl (C=O) groups excluding carboxylic acids is 2. The molecule has 3 aromatic rings. The molecule has 0 radical (unpaired) electrons. The zero-order valence-electron chi connectivity index (χ0n) is 13.7. The van der Waals surface area contributed by atoms with E-state index in [4.69, 9.17) is 0 Å². The molecule has 0 unspecified atom stereocenters. The maximum absolute atomic E-state index is 13.5. The van der Waals surface area contributed by atoms with Gasteiger partial charge in [-0.15, -0.1) is 0 Å². The third-order valence-corrected chi connectivity index (χ3v) is 4.69. The number of thiazole rings is 1. The monoisotopic (exact) mass is 376 g/mol. The lowest BCUT2D eigenvalue weighted by Gasteiger charge is -2.03. The highest BCUT2D eigenvalue weighted by Crippen LogP contribution is 2.19. The van der Waals surface area contributed by atoms with Gasteiger partial charge < -0.3 is 9.30 Å². The average Bonchev–Trinajstić information content (AvgIpc) is 2.93. The average molecular weight is 376 g/mol. The summed E-state index contributed by atoms with van der Waals surface area (Å²) in [7, 11) is 1.26. The van der Waals surface area contributed by atoms with E-state index in [-0.39, 0.29) is 23.6 Å². The molecule has 0 aliphatic heterocycles. The molecule has 2 aromatic carbocycles. The van der Waals surface area contributed by atoms with E-state index in [1.165, 1.54) is 54.1 Å². The Labute approximate surface area is 151 Å². The van der Waals surface area contributed by atoms with Gasteiger partial charge in [0.25, 0.3) is 5.91 Å². The van der Waals surface area contributed by atoms with E-state index in [2.05, 4.69) is 9.73 Å². The molecule has 0 aliphatic rings. The zero-order valence-corrected chi connectivity index (χ0v) is 14.6. The Morgan fingerprint density at radius 1 is 1.12 bits per heavy atom. The molecule has 0 saturated heterocycles. The molecule has 0 aliphatic carbocycles. The van der Waals surface area contributed by atoms with Crippen LogP contribution in [0.5, 0.6) is 0 Å². The van der Waals surface area contributed by atoms with Crippen LogP contribution in [0.4, 0.5) is 8.78 Å². The van der Waals surface area contributed by atoms with Crippen LogP contribution in [-0.2, 0) is 27.3 Å². The Kier molecular flexibility index (Phi) is 5.22. The number of rotatable bonds is 4. The van der Waals surface area contributed by atoms with Gasteiger partial charge in [-0.25, -0.2) is 8.78 Å². The van der Waals surface area contributed by atoms with Gasteiger partial charge in [0.1, 0.15) is 18.2 Å². The SMILES string of the molecule is COC(=O)Cn1c(=NC(=O)Cc2ccc(F)cc2)sc2cc(F)ccc21. The predicted molar refractivity (Wildman–Crippen MR) is 92.5 cm³/mol. The largest absolute Gasteiger partial charge is 0.468 e. The van der Waals surface area contributed by atoms with Crippen molar-refractivity contribution in [2.75, 3.05) is 7.11 Å². The Balaban J connectivity index is 2.00. The van der Waals surface area contributed by atoms with Crippen LogP contribution in [0, 0.1) is 11.6 Å². The van der Waals surface area contributed by atoms with Crippen molar-refractivity contribution in [1.82, 2.24) is 4.57 Å². The fraction of sp³-hybridized carbons (Fsp3) is 0.167. The number of esters is 1. The molecule has 1 aromatic heterocycles. The van der Waals surface area contributed by atoms with Gasteiger partial charge in [0.05, 0.1) is 23.7 Å². The molecule has 0 bridgehead atoms. The highest BCUT2D eigenvalue weighted by Gasteiger charge is 2.12. The summed E-state index contributed by atoms with van der Waals surface area (Å²) in [6, 6.07) is 9.65. The standard InChI is InChI=1S/C18H14F2N2O3S/c1-25-17(24)10-22-14-7-6-13(20)9-15(14)26-18(22)21-16(23)8-11-2-4-12(19)5-3-11/h2-7,9H,8,10H2,1H3. The van der Waals surface area contributed by atoms with Crippen LogP contribution in [0.2, 0.25) is 0 Å². The molecule has 26 heavy (non-hydrogen) atoms. The smallest absolute Gasteiger partial charge is 0.325 e. The first-order chi connectivity index (χ1) is 12.5. The van der Waals surface area contributed by atoms with Crippen molar-refractivity contribution in [2.24, 2.45) is 4.99 Å². The number of benzene rings is 2. The summed E-state index contributed by atoms with van der Waals surface area (Å²) < 4.78 is 33.1. The Hall–Kier alpha value is -2.87. The quantitative estimate of drug-likeness (QED) is 0.658. The second-order valence-corrected chi connectivity index (χ2v) is 6.48. The van der Waals surface area contributed by atoms with Crippen LogP contribution in [0.15, 0.2) is 47.5 Å². The maximum atomic E-state index is 13.5. The fourth-order valence-corrected chi connectivity index (χ4v) is 3.47. The summed E-state index contributed by atoms with van der Waals surface area (Å²) in [5.74, 6) is -1.78. The number of fused-ring (bicyclic) bond motifs is 1. The number of hydrogen-bond donors (Lipinski definition) is 0. The first kappa shape index (κ1) is 17.9. The van der Waals surface area contributed by atoms with E-state index >= 15 is 0 Å². The second kappa shape index (κ2) is 7.57. The number of hydrogen-bond acceptors (Lipinski definition) is 4. The molecule has 8 heteroatoms. The molecule has 0 atom stereocenters. The van der Waals surface area contributed by atoms with Gasteiger partial charge in [0.15, 0.2) is 4.80 Å². The maximum Gasteiger partial charge on any atom is 0.325 e. The van der Waals surface area contributed by atoms with Crippen LogP contribution in [-0.4, -0.2) is 23.6 Å². The number of carbonyl (C=O) groups is 2. The predicted octanol–water partition coefficient (Wildman–Crippen LogP) is 2.82. The van der Waals surface area contributed by atoms with Gasteiger partial charge >= 0.3 is 5.97 Å². The molecule has 0 spiro atoms. The fourth-order valence-electron chi connectivity index (χ4n) is 2.40. The Morgan fingerprint density at radius 3 is 2.50 bits per heavy atom. The summed E-state index contributed by atoms with van der Waals surface area (Å²) in [6.07, 6.45) is -0.0128. The molecule has 134 valence electrons. The Bertz CT molecular complexity index is 1040. The number of aromatic nitrogens is 1. The van der Waals surface area contributed by atoms with E-state index in [9.17, 15) is 18.4 Å². The topological polar surface area (TPSA) is 60.7 Å². The number of amides is 1. The molecule has 3 rings (SSSR count). The Morgan fingerprint density at radius 2 is 1.81 bits per heavy atom. The lowest BCUT2D eigenvalue weighted by molar-refractivity contribution is -0.141. The lowest BCUT2D eigenvalue weighted by Crippen LogP contribution is -2.22.